The van der Waals surface area contributed by atoms with E-state index in [1.54, 1.807) is 12.1 Å². The molecule has 114 valence electrons. The van der Waals surface area contributed by atoms with Crippen LogP contribution in [0.15, 0.2) is 54.6 Å². The molecule has 0 spiro atoms. The first-order chi connectivity index (χ1) is 10.6. The lowest BCUT2D eigenvalue weighted by molar-refractivity contribution is -0.131. The molecule has 22 heavy (non-hydrogen) atoms. The fourth-order valence-corrected chi connectivity index (χ4v) is 2.07. The van der Waals surface area contributed by atoms with Crippen LogP contribution in [0.5, 0.6) is 0 Å². The largest absolute Gasteiger partial charge is 0.478 e. The summed E-state index contributed by atoms with van der Waals surface area (Å²) >= 11 is 0. The van der Waals surface area contributed by atoms with E-state index in [0.29, 0.717) is 6.54 Å². The quantitative estimate of drug-likeness (QED) is 0.858. The molecule has 0 bridgehead atoms. The van der Waals surface area contributed by atoms with Gasteiger partial charge in [-0.25, -0.2) is 4.79 Å². The van der Waals surface area contributed by atoms with Crippen LogP contribution >= 0.6 is 0 Å². The maximum atomic E-state index is 12.2. The van der Waals surface area contributed by atoms with Crippen LogP contribution in [0.4, 0.5) is 0 Å². The van der Waals surface area contributed by atoms with Gasteiger partial charge < -0.3 is 15.2 Å². The van der Waals surface area contributed by atoms with E-state index >= 15 is 0 Å². The molecule has 0 unspecified atom stereocenters. The molecule has 0 aliphatic heterocycles. The zero-order chi connectivity index (χ0) is 15.9. The number of carboxylic acid groups (broad SMARTS) is 1. The Kier molecular flexibility index (Phi) is 5.27. The molecule has 2 rings (SSSR count). The van der Waals surface area contributed by atoms with Gasteiger partial charge in [0.2, 0.25) is 0 Å². The molecule has 2 aromatic carbocycles. The van der Waals surface area contributed by atoms with E-state index in [-0.39, 0.29) is 11.5 Å². The van der Waals surface area contributed by atoms with E-state index in [9.17, 15) is 9.59 Å². The highest BCUT2D eigenvalue weighted by Gasteiger charge is 2.19. The molecule has 0 aliphatic rings. The lowest BCUT2D eigenvalue weighted by atomic mass is 10.1. The van der Waals surface area contributed by atoms with Gasteiger partial charge in [-0.2, -0.15) is 0 Å². The number of methoxy groups -OCH3 is 1. The second kappa shape index (κ2) is 7.38. The Hall–Kier alpha value is -2.66. The number of benzene rings is 2. The fraction of sp³-hybridized carbons (Fsp3) is 0.176. The number of aromatic carboxylic acids is 1. The minimum atomic E-state index is -0.973. The van der Waals surface area contributed by atoms with Gasteiger partial charge in [0, 0.05) is 13.7 Å². The molecule has 0 radical (unpaired) electrons. The SMILES string of the molecule is CO[C@@H](C(=O)NCc1ccc(C(=O)O)cc1)c1ccccc1. The minimum absolute atomic E-state index is 0.217. The van der Waals surface area contributed by atoms with E-state index in [4.69, 9.17) is 9.84 Å². The molecule has 1 atom stereocenters. The van der Waals surface area contributed by atoms with E-state index in [1.165, 1.54) is 19.2 Å². The Morgan fingerprint density at radius 3 is 2.27 bits per heavy atom. The highest BCUT2D eigenvalue weighted by molar-refractivity contribution is 5.87. The average Bonchev–Trinajstić information content (AvgIpc) is 2.55. The first-order valence-corrected chi connectivity index (χ1v) is 6.79. The van der Waals surface area contributed by atoms with Gasteiger partial charge in [0.1, 0.15) is 0 Å². The smallest absolute Gasteiger partial charge is 0.335 e. The lowest BCUT2D eigenvalue weighted by Gasteiger charge is -2.15. The Morgan fingerprint density at radius 2 is 1.73 bits per heavy atom. The minimum Gasteiger partial charge on any atom is -0.478 e. The third-order valence-electron chi connectivity index (χ3n) is 3.24. The Bertz CT molecular complexity index is 637. The highest BCUT2D eigenvalue weighted by Crippen LogP contribution is 2.16. The van der Waals surface area contributed by atoms with Crippen molar-refractivity contribution in [3.8, 4) is 0 Å². The number of ether oxygens (including phenoxy) is 1. The van der Waals surface area contributed by atoms with Crippen LogP contribution in [-0.4, -0.2) is 24.1 Å². The molecule has 1 amide bonds. The molecular weight excluding hydrogens is 282 g/mol. The summed E-state index contributed by atoms with van der Waals surface area (Å²) in [5.41, 5.74) is 1.82. The second-order valence-corrected chi connectivity index (χ2v) is 4.75. The number of amides is 1. The third-order valence-corrected chi connectivity index (χ3v) is 3.24. The zero-order valence-corrected chi connectivity index (χ0v) is 12.2. The first-order valence-electron chi connectivity index (χ1n) is 6.79. The van der Waals surface area contributed by atoms with Gasteiger partial charge in [0.05, 0.1) is 5.56 Å². The highest BCUT2D eigenvalue weighted by atomic mass is 16.5. The molecule has 0 saturated carbocycles. The van der Waals surface area contributed by atoms with Gasteiger partial charge >= 0.3 is 5.97 Å². The van der Waals surface area contributed by atoms with Gasteiger partial charge in [-0.1, -0.05) is 42.5 Å². The normalized spacial score (nSPS) is 11.7. The predicted octanol–water partition coefficient (Wildman–Crippen LogP) is 2.39. The average molecular weight is 299 g/mol. The molecule has 5 heteroatoms. The second-order valence-electron chi connectivity index (χ2n) is 4.75. The van der Waals surface area contributed by atoms with Crippen LogP contribution in [-0.2, 0) is 16.1 Å². The Labute approximate surface area is 128 Å². The molecule has 0 aliphatic carbocycles. The van der Waals surface area contributed by atoms with Crippen LogP contribution in [0.3, 0.4) is 0 Å². The number of carboxylic acids is 1. The Morgan fingerprint density at radius 1 is 1.09 bits per heavy atom. The number of carbonyl (C=O) groups excluding carboxylic acids is 1. The number of rotatable bonds is 6. The summed E-state index contributed by atoms with van der Waals surface area (Å²) in [7, 11) is 1.49. The van der Waals surface area contributed by atoms with Crippen molar-refractivity contribution in [2.45, 2.75) is 12.6 Å². The van der Waals surface area contributed by atoms with Crippen molar-refractivity contribution in [2.24, 2.45) is 0 Å². The number of nitrogens with one attached hydrogen (secondary N) is 1. The predicted molar refractivity (Wildman–Crippen MR) is 81.4 cm³/mol. The van der Waals surface area contributed by atoms with Crippen molar-refractivity contribution in [2.75, 3.05) is 7.11 Å². The van der Waals surface area contributed by atoms with E-state index < -0.39 is 12.1 Å². The van der Waals surface area contributed by atoms with Crippen molar-refractivity contribution in [3.63, 3.8) is 0 Å². The summed E-state index contributed by atoms with van der Waals surface area (Å²) in [5, 5.41) is 11.6. The summed E-state index contributed by atoms with van der Waals surface area (Å²) in [4.78, 5) is 23.0. The molecule has 0 aromatic heterocycles. The zero-order valence-electron chi connectivity index (χ0n) is 12.2. The van der Waals surface area contributed by atoms with Crippen molar-refractivity contribution in [3.05, 3.63) is 71.3 Å². The molecule has 0 saturated heterocycles. The molecule has 2 N–H and O–H groups in total. The summed E-state index contributed by atoms with van der Waals surface area (Å²) in [6.45, 7) is 0.311. The summed E-state index contributed by atoms with van der Waals surface area (Å²) in [6.07, 6.45) is -0.667. The maximum Gasteiger partial charge on any atom is 0.335 e. The maximum absolute atomic E-state index is 12.2. The molecule has 2 aromatic rings. The van der Waals surface area contributed by atoms with Crippen LogP contribution < -0.4 is 5.32 Å². The molecule has 5 nitrogen and oxygen atoms in total. The van der Waals surface area contributed by atoms with Crippen LogP contribution in [0.25, 0.3) is 0 Å². The van der Waals surface area contributed by atoms with Crippen molar-refractivity contribution in [1.82, 2.24) is 5.32 Å². The molecular formula is C17H17NO4. The van der Waals surface area contributed by atoms with Crippen molar-refractivity contribution in [1.29, 1.82) is 0 Å². The van der Waals surface area contributed by atoms with Gasteiger partial charge in [-0.3, -0.25) is 4.79 Å². The van der Waals surface area contributed by atoms with Gasteiger partial charge in [0.25, 0.3) is 5.91 Å². The number of hydrogen-bond donors (Lipinski definition) is 2. The Balaban J connectivity index is 1.98. The first kappa shape index (κ1) is 15.7. The summed E-state index contributed by atoms with van der Waals surface area (Å²) in [6, 6.07) is 15.6. The lowest BCUT2D eigenvalue weighted by Crippen LogP contribution is -2.29. The van der Waals surface area contributed by atoms with Crippen LogP contribution in [0.1, 0.15) is 27.6 Å². The molecule has 0 fully saturated rings. The van der Waals surface area contributed by atoms with E-state index in [2.05, 4.69) is 5.32 Å². The standard InChI is InChI=1S/C17H17NO4/c1-22-15(13-5-3-2-4-6-13)16(19)18-11-12-7-9-14(10-8-12)17(20)21/h2-10,15H,11H2,1H3,(H,18,19)(H,20,21)/t15-/m1/s1. The van der Waals surface area contributed by atoms with E-state index in [0.717, 1.165) is 11.1 Å². The van der Waals surface area contributed by atoms with Gasteiger partial charge in [-0.15, -0.1) is 0 Å². The summed E-state index contributed by atoms with van der Waals surface area (Å²) in [5.74, 6) is -1.21. The van der Waals surface area contributed by atoms with Gasteiger partial charge in [-0.05, 0) is 23.3 Å². The van der Waals surface area contributed by atoms with Crippen molar-refractivity contribution >= 4 is 11.9 Å². The topological polar surface area (TPSA) is 75.6 Å². The summed E-state index contributed by atoms with van der Waals surface area (Å²) < 4.78 is 5.25. The number of carbonyl (C=O) groups is 2. The number of hydrogen-bond acceptors (Lipinski definition) is 3. The van der Waals surface area contributed by atoms with E-state index in [1.807, 2.05) is 30.3 Å². The third kappa shape index (κ3) is 3.93. The molecule has 0 heterocycles. The van der Waals surface area contributed by atoms with Crippen molar-refractivity contribution < 1.29 is 19.4 Å². The van der Waals surface area contributed by atoms with Gasteiger partial charge in [0.15, 0.2) is 6.10 Å². The van der Waals surface area contributed by atoms with Crippen LogP contribution in [0.2, 0.25) is 0 Å². The van der Waals surface area contributed by atoms with Crippen LogP contribution in [0, 0.1) is 0 Å². The fourth-order valence-electron chi connectivity index (χ4n) is 2.07. The monoisotopic (exact) mass is 299 g/mol.